The average Bonchev–Trinajstić information content (AvgIpc) is 2.56. The van der Waals surface area contributed by atoms with Gasteiger partial charge in [0.1, 0.15) is 0 Å². The third kappa shape index (κ3) is 1.26. The van der Waals surface area contributed by atoms with E-state index in [4.69, 9.17) is 0 Å². The van der Waals surface area contributed by atoms with Crippen LogP contribution in [0.2, 0.25) is 4.82 Å². The number of Topliss-reactive ketones (excluding diaryl/α,β-unsaturated/α-hetero) is 1. The van der Waals surface area contributed by atoms with E-state index in [-0.39, 0.29) is 4.82 Å². The molecule has 2 aromatic rings. The number of fused-ring (bicyclic) bond motifs is 3. The van der Waals surface area contributed by atoms with Crippen molar-refractivity contribution in [2.75, 3.05) is 0 Å². The van der Waals surface area contributed by atoms with E-state index < -0.39 is 0 Å². The normalized spacial score (nSPS) is 19.5. The number of hydrogen-bond donors (Lipinski definition) is 0. The number of carbonyl (C=O) groups excluding carboxylic acids is 1. The van der Waals surface area contributed by atoms with E-state index in [1.807, 2.05) is 25.1 Å². The molecule has 1 aliphatic rings. The maximum atomic E-state index is 11.9. The van der Waals surface area contributed by atoms with Crippen molar-refractivity contribution < 1.29 is 4.79 Å². The zero-order valence-corrected chi connectivity index (χ0v) is 10.1. The molecule has 1 unspecified atom stereocenters. The molecule has 0 N–H and O–H groups in total. The van der Waals surface area contributed by atoms with Crippen LogP contribution in [0.3, 0.4) is 0 Å². The molecule has 0 spiro atoms. The third-order valence-corrected chi connectivity index (χ3v) is 5.42. The number of benzene rings is 2. The Hall–Kier alpha value is -1.11. The number of rotatable bonds is 0. The Balaban J connectivity index is 2.38. The molecule has 2 heteroatoms. The van der Waals surface area contributed by atoms with Crippen LogP contribution in [0.5, 0.6) is 0 Å². The van der Waals surface area contributed by atoms with Gasteiger partial charge in [-0.3, -0.25) is 0 Å². The summed E-state index contributed by atoms with van der Waals surface area (Å²) in [5, 5.41) is 2.52. The number of ketones is 1. The van der Waals surface area contributed by atoms with Crippen molar-refractivity contribution >= 4 is 36.0 Å². The van der Waals surface area contributed by atoms with Gasteiger partial charge in [-0.2, -0.15) is 0 Å². The zero-order valence-electron chi connectivity index (χ0n) is 8.36. The molecule has 2 aromatic carbocycles. The first-order chi connectivity index (χ1) is 7.27. The van der Waals surface area contributed by atoms with Gasteiger partial charge in [-0.05, 0) is 0 Å². The summed E-state index contributed by atoms with van der Waals surface area (Å²) in [6.07, 6.45) is 0. The fraction of sp³-hybridized carbons (Fsp3) is 0.154. The minimum atomic E-state index is 0.221. The van der Waals surface area contributed by atoms with E-state index in [1.165, 1.54) is 15.2 Å². The summed E-state index contributed by atoms with van der Waals surface area (Å²) in [4.78, 5) is 12.1. The Morgan fingerprint density at radius 2 is 1.93 bits per heavy atom. The van der Waals surface area contributed by atoms with Gasteiger partial charge in [-0.25, -0.2) is 0 Å². The van der Waals surface area contributed by atoms with E-state index in [1.54, 1.807) is 0 Å². The van der Waals surface area contributed by atoms with Crippen LogP contribution in [0.4, 0.5) is 0 Å². The Morgan fingerprint density at radius 1 is 1.13 bits per heavy atom. The Kier molecular flexibility index (Phi) is 1.95. The van der Waals surface area contributed by atoms with E-state index in [0.717, 1.165) is 5.56 Å². The molecule has 1 nitrogen and oxygen atoms in total. The summed E-state index contributed by atoms with van der Waals surface area (Å²) in [5.74, 6) is 0.329. The summed E-state index contributed by atoms with van der Waals surface area (Å²) >= 11 is 0.313. The van der Waals surface area contributed by atoms with Gasteiger partial charge in [0.15, 0.2) is 0 Å². The van der Waals surface area contributed by atoms with Gasteiger partial charge < -0.3 is 0 Å². The van der Waals surface area contributed by atoms with Crippen LogP contribution in [0.1, 0.15) is 17.3 Å². The van der Waals surface area contributed by atoms with Crippen LogP contribution in [0.15, 0.2) is 36.4 Å². The van der Waals surface area contributed by atoms with Crippen molar-refractivity contribution in [1.29, 1.82) is 0 Å². The predicted octanol–water partition coefficient (Wildman–Crippen LogP) is 2.17. The fourth-order valence-corrected chi connectivity index (χ4v) is 4.52. The van der Waals surface area contributed by atoms with Gasteiger partial charge in [0.25, 0.3) is 0 Å². The molecule has 0 amide bonds. The second-order valence-electron chi connectivity index (χ2n) is 3.79. The molecule has 1 atom stereocenters. The van der Waals surface area contributed by atoms with Gasteiger partial charge >= 0.3 is 94.5 Å². The van der Waals surface area contributed by atoms with Crippen LogP contribution < -0.4 is 4.46 Å². The van der Waals surface area contributed by atoms with E-state index >= 15 is 0 Å². The second kappa shape index (κ2) is 3.19. The summed E-state index contributed by atoms with van der Waals surface area (Å²) in [6, 6.07) is 12.4. The van der Waals surface area contributed by atoms with Crippen LogP contribution >= 0.6 is 0 Å². The Morgan fingerprint density at radius 3 is 2.80 bits per heavy atom. The van der Waals surface area contributed by atoms with Crippen molar-refractivity contribution in [3.05, 3.63) is 42.0 Å². The summed E-state index contributed by atoms with van der Waals surface area (Å²) in [7, 11) is 0. The van der Waals surface area contributed by atoms with Crippen LogP contribution in [0.25, 0.3) is 10.8 Å². The van der Waals surface area contributed by atoms with Gasteiger partial charge in [0.2, 0.25) is 0 Å². The van der Waals surface area contributed by atoms with Gasteiger partial charge in [0, 0.05) is 0 Å². The van der Waals surface area contributed by atoms with Crippen molar-refractivity contribution in [1.82, 2.24) is 0 Å². The molecule has 1 aliphatic heterocycles. The molecule has 1 heterocycles. The van der Waals surface area contributed by atoms with Crippen molar-refractivity contribution in [2.45, 2.75) is 11.7 Å². The Labute approximate surface area is 94.6 Å². The van der Waals surface area contributed by atoms with Crippen molar-refractivity contribution in [2.24, 2.45) is 0 Å². The van der Waals surface area contributed by atoms with E-state index in [9.17, 15) is 4.79 Å². The summed E-state index contributed by atoms with van der Waals surface area (Å²) in [6.45, 7) is 2.04. The van der Waals surface area contributed by atoms with Gasteiger partial charge in [-0.15, -0.1) is 0 Å². The van der Waals surface area contributed by atoms with E-state index in [0.29, 0.717) is 20.7 Å². The molecule has 0 bridgehead atoms. The first kappa shape index (κ1) is 9.14. The monoisotopic (exact) mass is 262 g/mol. The molecule has 0 aliphatic carbocycles. The van der Waals surface area contributed by atoms with Gasteiger partial charge in [-0.1, -0.05) is 0 Å². The molecule has 3 rings (SSSR count). The topological polar surface area (TPSA) is 17.1 Å². The second-order valence-corrected chi connectivity index (χ2v) is 6.62. The van der Waals surface area contributed by atoms with Crippen molar-refractivity contribution in [3.63, 3.8) is 0 Å². The molecular formula is C13H10OSe. The molecule has 0 aromatic heterocycles. The first-order valence-electron chi connectivity index (χ1n) is 5.00. The number of carbonyl (C=O) groups is 1. The molecule has 0 saturated heterocycles. The first-order valence-corrected chi connectivity index (χ1v) is 6.84. The fourth-order valence-electron chi connectivity index (χ4n) is 2.01. The minimum absolute atomic E-state index is 0.221. The molecule has 0 fully saturated rings. The van der Waals surface area contributed by atoms with Crippen LogP contribution in [-0.2, 0) is 0 Å². The maximum absolute atomic E-state index is 11.9. The third-order valence-electron chi connectivity index (χ3n) is 2.81. The van der Waals surface area contributed by atoms with Gasteiger partial charge in [0.05, 0.1) is 0 Å². The summed E-state index contributed by atoms with van der Waals surface area (Å²) < 4.78 is 1.30. The Bertz CT molecular complexity index is 559. The standard InChI is InChI=1S/C13H10OSe/c1-8-12(14)11-7-6-9-4-2-3-5-10(9)13(11)15-8/h2-8H,1H3. The molecule has 74 valence electrons. The molecule has 15 heavy (non-hydrogen) atoms. The van der Waals surface area contributed by atoms with Crippen molar-refractivity contribution in [3.8, 4) is 0 Å². The molecule has 0 saturated carbocycles. The average molecular weight is 261 g/mol. The SMILES string of the molecule is CC1[Se]c2c(ccc3ccccc23)C1=O. The summed E-state index contributed by atoms with van der Waals surface area (Å²) in [5.41, 5.74) is 0.959. The van der Waals surface area contributed by atoms with Crippen LogP contribution in [0, 0.1) is 0 Å². The predicted molar refractivity (Wildman–Crippen MR) is 63.1 cm³/mol. The molecule has 0 radical (unpaired) electrons. The quantitative estimate of drug-likeness (QED) is 0.664. The molecular weight excluding hydrogens is 251 g/mol. The number of hydrogen-bond acceptors (Lipinski definition) is 1. The zero-order chi connectivity index (χ0) is 10.4. The van der Waals surface area contributed by atoms with E-state index in [2.05, 4.69) is 18.2 Å². The van der Waals surface area contributed by atoms with Crippen LogP contribution in [-0.4, -0.2) is 20.7 Å².